The molecule has 2 nitrogen and oxygen atoms in total. The second-order valence-electron chi connectivity index (χ2n) is 8.95. The highest BCUT2D eigenvalue weighted by molar-refractivity contribution is 7.80. The molecule has 0 spiro atoms. The quantitative estimate of drug-likeness (QED) is 0.683. The van der Waals surface area contributed by atoms with E-state index in [1.807, 2.05) is 0 Å². The molecule has 0 amide bonds. The lowest BCUT2D eigenvalue weighted by Crippen LogP contribution is -2.56. The number of fused-ring (bicyclic) bond motifs is 5. The van der Waals surface area contributed by atoms with E-state index >= 15 is 0 Å². The van der Waals surface area contributed by atoms with Crippen LogP contribution in [-0.2, 0) is 9.59 Å². The molecule has 4 fully saturated rings. The lowest BCUT2D eigenvalue weighted by atomic mass is 9.45. The predicted octanol–water partition coefficient (Wildman–Crippen LogP) is 4.08. The maximum Gasteiger partial charge on any atom is 0.139 e. The van der Waals surface area contributed by atoms with Crippen LogP contribution in [0.1, 0.15) is 65.2 Å². The summed E-state index contributed by atoms with van der Waals surface area (Å²) in [6.07, 6.45) is 7.99. The van der Waals surface area contributed by atoms with E-state index in [0.717, 1.165) is 51.4 Å². The molecular formula is C19H28O2S. The van der Waals surface area contributed by atoms with Crippen LogP contribution in [-0.4, -0.2) is 16.8 Å². The Morgan fingerprint density at radius 1 is 1.05 bits per heavy atom. The highest BCUT2D eigenvalue weighted by Gasteiger charge is 2.61. The van der Waals surface area contributed by atoms with Gasteiger partial charge in [-0.15, -0.1) is 0 Å². The summed E-state index contributed by atoms with van der Waals surface area (Å²) in [4.78, 5) is 25.3. The van der Waals surface area contributed by atoms with E-state index in [2.05, 4.69) is 26.5 Å². The summed E-state index contributed by atoms with van der Waals surface area (Å²) < 4.78 is 0. The zero-order chi connectivity index (χ0) is 15.7. The summed E-state index contributed by atoms with van der Waals surface area (Å²) in [5, 5.41) is 0.403. The van der Waals surface area contributed by atoms with E-state index in [9.17, 15) is 9.59 Å². The molecule has 0 aromatic rings. The lowest BCUT2D eigenvalue weighted by Gasteiger charge is -2.59. The molecule has 122 valence electrons. The summed E-state index contributed by atoms with van der Waals surface area (Å²) in [7, 11) is 0. The summed E-state index contributed by atoms with van der Waals surface area (Å²) in [5.74, 6) is 2.76. The molecule has 4 rings (SSSR count). The van der Waals surface area contributed by atoms with Crippen LogP contribution < -0.4 is 0 Å². The fraction of sp³-hybridized carbons (Fsp3) is 0.895. The van der Waals surface area contributed by atoms with E-state index < -0.39 is 0 Å². The first-order valence-electron chi connectivity index (χ1n) is 9.10. The Balaban J connectivity index is 1.69. The Kier molecular flexibility index (Phi) is 3.35. The van der Waals surface area contributed by atoms with Crippen LogP contribution >= 0.6 is 12.6 Å². The van der Waals surface area contributed by atoms with Crippen molar-refractivity contribution in [1.82, 2.24) is 0 Å². The predicted molar refractivity (Wildman–Crippen MR) is 89.9 cm³/mol. The van der Waals surface area contributed by atoms with Crippen molar-refractivity contribution in [3.8, 4) is 0 Å². The van der Waals surface area contributed by atoms with Crippen LogP contribution in [0.25, 0.3) is 0 Å². The molecule has 0 radical (unpaired) electrons. The molecule has 0 bridgehead atoms. The number of hydrogen-bond donors (Lipinski definition) is 1. The molecule has 0 aromatic heterocycles. The Morgan fingerprint density at radius 3 is 2.59 bits per heavy atom. The van der Waals surface area contributed by atoms with Gasteiger partial charge in [-0.2, -0.15) is 12.6 Å². The Bertz CT molecular complexity index is 530. The van der Waals surface area contributed by atoms with Crippen molar-refractivity contribution in [2.45, 2.75) is 70.5 Å². The number of carbonyl (C=O) groups excluding carboxylic acids is 2. The smallest absolute Gasteiger partial charge is 0.139 e. The van der Waals surface area contributed by atoms with Gasteiger partial charge in [-0.3, -0.25) is 9.59 Å². The van der Waals surface area contributed by atoms with Gasteiger partial charge < -0.3 is 0 Å². The van der Waals surface area contributed by atoms with Gasteiger partial charge in [0.2, 0.25) is 0 Å². The third kappa shape index (κ3) is 1.87. The van der Waals surface area contributed by atoms with Gasteiger partial charge in [0.25, 0.3) is 0 Å². The maximum absolute atomic E-state index is 12.9. The zero-order valence-electron chi connectivity index (χ0n) is 13.8. The van der Waals surface area contributed by atoms with Gasteiger partial charge in [0.05, 0.1) is 0 Å². The zero-order valence-corrected chi connectivity index (χ0v) is 14.7. The van der Waals surface area contributed by atoms with Crippen molar-refractivity contribution < 1.29 is 9.59 Å². The molecule has 4 saturated carbocycles. The lowest BCUT2D eigenvalue weighted by molar-refractivity contribution is -0.155. The molecular weight excluding hydrogens is 292 g/mol. The molecule has 4 aliphatic rings. The average molecular weight is 320 g/mol. The molecule has 0 saturated heterocycles. The van der Waals surface area contributed by atoms with Crippen molar-refractivity contribution in [1.29, 1.82) is 0 Å². The molecule has 7 atom stereocenters. The summed E-state index contributed by atoms with van der Waals surface area (Å²) >= 11 is 4.66. The molecule has 0 aromatic carbocycles. The largest absolute Gasteiger partial charge is 0.299 e. The Hall–Kier alpha value is -0.310. The van der Waals surface area contributed by atoms with E-state index in [0.29, 0.717) is 34.6 Å². The van der Waals surface area contributed by atoms with Gasteiger partial charge in [-0.25, -0.2) is 0 Å². The second-order valence-corrected chi connectivity index (χ2v) is 9.68. The number of ketones is 2. The average Bonchev–Trinajstić information content (AvgIpc) is 2.77. The molecule has 0 heterocycles. The first kappa shape index (κ1) is 15.2. The van der Waals surface area contributed by atoms with Crippen LogP contribution in [0.5, 0.6) is 0 Å². The third-order valence-electron chi connectivity index (χ3n) is 8.14. The number of rotatable bonds is 0. The number of Topliss-reactive ketones (excluding diaryl/α,β-unsaturated/α-hetero) is 2. The van der Waals surface area contributed by atoms with Gasteiger partial charge >= 0.3 is 0 Å². The first-order chi connectivity index (χ1) is 10.4. The molecule has 0 N–H and O–H groups in total. The maximum atomic E-state index is 12.9. The standard InChI is InChI=1S/C19H28O2S/c1-18-7-5-11(22)9-15(18)16(20)10-12-13-3-4-17(21)19(13,2)8-6-14(12)18/h11-15,22H,3-10H2,1-2H3/t11?,12-,13-,14-,15+,18+,19-/m0/s1. The van der Waals surface area contributed by atoms with E-state index in [1.54, 1.807) is 0 Å². The third-order valence-corrected chi connectivity index (χ3v) is 8.61. The van der Waals surface area contributed by atoms with Crippen LogP contribution in [0.2, 0.25) is 0 Å². The summed E-state index contributed by atoms with van der Waals surface area (Å²) in [6, 6.07) is 0. The fourth-order valence-corrected chi connectivity index (χ4v) is 7.13. The van der Waals surface area contributed by atoms with Crippen LogP contribution in [0.4, 0.5) is 0 Å². The second kappa shape index (κ2) is 4.84. The number of carbonyl (C=O) groups is 2. The van der Waals surface area contributed by atoms with Crippen LogP contribution in [0.15, 0.2) is 0 Å². The Labute approximate surface area is 139 Å². The van der Waals surface area contributed by atoms with Crippen molar-refractivity contribution in [3.05, 3.63) is 0 Å². The topological polar surface area (TPSA) is 34.1 Å². The fourth-order valence-electron chi connectivity index (χ4n) is 6.79. The van der Waals surface area contributed by atoms with Gasteiger partial charge in [-0.05, 0) is 61.7 Å². The molecule has 1 unspecified atom stereocenters. The van der Waals surface area contributed by atoms with E-state index in [-0.39, 0.29) is 16.7 Å². The summed E-state index contributed by atoms with van der Waals surface area (Å²) in [6.45, 7) is 4.57. The van der Waals surface area contributed by atoms with E-state index in [4.69, 9.17) is 0 Å². The van der Waals surface area contributed by atoms with Gasteiger partial charge in [0.15, 0.2) is 0 Å². The van der Waals surface area contributed by atoms with Crippen molar-refractivity contribution in [3.63, 3.8) is 0 Å². The SMILES string of the molecule is C[C@]12CCC(S)C[C@@H]1C(=O)C[C@@H]1[C@@H]2CC[C@]2(C)C(=O)CC[C@@H]12. The van der Waals surface area contributed by atoms with Crippen molar-refractivity contribution >= 4 is 24.2 Å². The molecule has 3 heteroatoms. The first-order valence-corrected chi connectivity index (χ1v) is 9.62. The normalized spacial score (nSPS) is 54.6. The summed E-state index contributed by atoms with van der Waals surface area (Å²) in [5.41, 5.74) is 0.0532. The minimum atomic E-state index is -0.120. The monoisotopic (exact) mass is 320 g/mol. The molecule has 4 aliphatic carbocycles. The van der Waals surface area contributed by atoms with Gasteiger partial charge in [0.1, 0.15) is 11.6 Å². The minimum absolute atomic E-state index is 0.120. The minimum Gasteiger partial charge on any atom is -0.299 e. The van der Waals surface area contributed by atoms with Gasteiger partial charge in [0, 0.05) is 29.4 Å². The van der Waals surface area contributed by atoms with Crippen molar-refractivity contribution in [2.24, 2.45) is 34.5 Å². The molecule has 22 heavy (non-hydrogen) atoms. The van der Waals surface area contributed by atoms with Gasteiger partial charge in [-0.1, -0.05) is 13.8 Å². The Morgan fingerprint density at radius 2 is 1.82 bits per heavy atom. The van der Waals surface area contributed by atoms with Crippen molar-refractivity contribution in [2.75, 3.05) is 0 Å². The molecule has 0 aliphatic heterocycles. The number of hydrogen-bond acceptors (Lipinski definition) is 3. The van der Waals surface area contributed by atoms with Crippen LogP contribution in [0.3, 0.4) is 0 Å². The number of thiol groups is 1. The highest BCUT2D eigenvalue weighted by atomic mass is 32.1. The van der Waals surface area contributed by atoms with E-state index in [1.165, 1.54) is 0 Å². The van der Waals surface area contributed by atoms with Crippen LogP contribution in [0, 0.1) is 34.5 Å². The highest BCUT2D eigenvalue weighted by Crippen LogP contribution is 2.64.